The Morgan fingerprint density at radius 2 is 1.81 bits per heavy atom. The van der Waals surface area contributed by atoms with Crippen LogP contribution in [0, 0.1) is 0 Å². The molecule has 6 heteroatoms. The molecule has 0 aliphatic heterocycles. The molecule has 2 atom stereocenters. The van der Waals surface area contributed by atoms with Gasteiger partial charge in [-0.1, -0.05) is 55.5 Å². The molecule has 0 saturated heterocycles. The minimum absolute atomic E-state index is 0.181. The van der Waals surface area contributed by atoms with Gasteiger partial charge in [-0.3, -0.25) is 9.89 Å². The Morgan fingerprint density at radius 1 is 1.11 bits per heavy atom. The standard InChI is InChI=1S/C21H23N3O3/c1-3-15(16-9-5-4-6-10-16)13-22-20(25)14(2)27-21(26)19-17-11-7-8-12-18(17)23-24-19/h4-12,14-15H,3,13H2,1-2H3,(H,22,25)(H,23,24)/t14-,15+/m0/s1. The summed E-state index contributed by atoms with van der Waals surface area (Å²) in [7, 11) is 0. The van der Waals surface area contributed by atoms with E-state index >= 15 is 0 Å². The molecule has 2 N–H and O–H groups in total. The highest BCUT2D eigenvalue weighted by Crippen LogP contribution is 2.19. The first kappa shape index (κ1) is 18.6. The lowest BCUT2D eigenvalue weighted by molar-refractivity contribution is -0.129. The molecule has 0 unspecified atom stereocenters. The summed E-state index contributed by atoms with van der Waals surface area (Å²) in [6.45, 7) is 4.13. The summed E-state index contributed by atoms with van der Waals surface area (Å²) in [4.78, 5) is 24.7. The number of amides is 1. The van der Waals surface area contributed by atoms with Gasteiger partial charge in [0, 0.05) is 17.8 Å². The average Bonchev–Trinajstić information content (AvgIpc) is 3.13. The van der Waals surface area contributed by atoms with Crippen molar-refractivity contribution in [3.63, 3.8) is 0 Å². The molecule has 0 bridgehead atoms. The van der Waals surface area contributed by atoms with Crippen LogP contribution in [0.2, 0.25) is 0 Å². The van der Waals surface area contributed by atoms with Crippen molar-refractivity contribution in [3.05, 3.63) is 65.9 Å². The number of H-pyrrole nitrogens is 1. The average molecular weight is 365 g/mol. The van der Waals surface area contributed by atoms with Crippen molar-refractivity contribution in [2.24, 2.45) is 0 Å². The summed E-state index contributed by atoms with van der Waals surface area (Å²) in [5.74, 6) is -0.726. The van der Waals surface area contributed by atoms with Crippen LogP contribution in [0.5, 0.6) is 0 Å². The molecule has 1 heterocycles. The maximum absolute atomic E-state index is 12.4. The molecule has 1 amide bonds. The topological polar surface area (TPSA) is 84.1 Å². The Morgan fingerprint density at radius 3 is 2.56 bits per heavy atom. The zero-order valence-corrected chi connectivity index (χ0v) is 15.4. The molecular weight excluding hydrogens is 342 g/mol. The SMILES string of the molecule is CC[C@H](CNC(=O)[C@H](C)OC(=O)c1n[nH]c2ccccc12)c1ccccc1. The Kier molecular flexibility index (Phi) is 5.86. The number of fused-ring (bicyclic) bond motifs is 1. The quantitative estimate of drug-likeness (QED) is 0.629. The van der Waals surface area contributed by atoms with E-state index in [0.29, 0.717) is 11.9 Å². The lowest BCUT2D eigenvalue weighted by atomic mass is 9.96. The second-order valence-electron chi connectivity index (χ2n) is 6.43. The molecule has 0 aliphatic rings. The molecule has 1 aromatic heterocycles. The van der Waals surface area contributed by atoms with Crippen LogP contribution in [-0.4, -0.2) is 34.7 Å². The van der Waals surface area contributed by atoms with Crippen molar-refractivity contribution in [1.29, 1.82) is 0 Å². The third-order valence-electron chi connectivity index (χ3n) is 4.60. The van der Waals surface area contributed by atoms with Crippen LogP contribution < -0.4 is 5.32 Å². The number of hydrogen-bond acceptors (Lipinski definition) is 4. The Hall–Kier alpha value is -3.15. The number of hydrogen-bond donors (Lipinski definition) is 2. The van der Waals surface area contributed by atoms with E-state index in [2.05, 4.69) is 22.4 Å². The number of carbonyl (C=O) groups excluding carboxylic acids is 2. The molecule has 27 heavy (non-hydrogen) atoms. The Balaban J connectivity index is 1.58. The molecule has 3 aromatic rings. The first-order valence-corrected chi connectivity index (χ1v) is 9.07. The van der Waals surface area contributed by atoms with Crippen LogP contribution in [0.25, 0.3) is 10.9 Å². The molecule has 0 saturated carbocycles. The van der Waals surface area contributed by atoms with Crippen LogP contribution >= 0.6 is 0 Å². The van der Waals surface area contributed by atoms with E-state index in [0.717, 1.165) is 11.9 Å². The summed E-state index contributed by atoms with van der Waals surface area (Å²) in [5.41, 5.74) is 2.10. The number of carbonyl (C=O) groups is 2. The number of rotatable bonds is 7. The van der Waals surface area contributed by atoms with E-state index in [1.165, 1.54) is 5.56 Å². The van der Waals surface area contributed by atoms with E-state index in [1.807, 2.05) is 48.5 Å². The van der Waals surface area contributed by atoms with Gasteiger partial charge in [-0.15, -0.1) is 0 Å². The van der Waals surface area contributed by atoms with Crippen molar-refractivity contribution in [1.82, 2.24) is 15.5 Å². The summed E-state index contributed by atoms with van der Waals surface area (Å²) in [6.07, 6.45) is -0.00111. The number of ether oxygens (including phenoxy) is 1. The van der Waals surface area contributed by atoms with Gasteiger partial charge in [0.1, 0.15) is 0 Å². The minimum atomic E-state index is -0.902. The number of benzene rings is 2. The lowest BCUT2D eigenvalue weighted by Crippen LogP contribution is -2.38. The Bertz CT molecular complexity index is 921. The van der Waals surface area contributed by atoms with Crippen molar-refractivity contribution < 1.29 is 14.3 Å². The number of aromatic nitrogens is 2. The van der Waals surface area contributed by atoms with Gasteiger partial charge in [0.05, 0.1) is 5.52 Å². The van der Waals surface area contributed by atoms with E-state index in [1.54, 1.807) is 13.0 Å². The number of esters is 1. The number of nitrogens with one attached hydrogen (secondary N) is 2. The van der Waals surface area contributed by atoms with Crippen molar-refractivity contribution in [3.8, 4) is 0 Å². The van der Waals surface area contributed by atoms with Crippen molar-refractivity contribution in [2.45, 2.75) is 32.3 Å². The van der Waals surface area contributed by atoms with E-state index in [-0.39, 0.29) is 17.5 Å². The predicted octanol–water partition coefficient (Wildman–Crippen LogP) is 3.42. The van der Waals surface area contributed by atoms with Crippen molar-refractivity contribution in [2.75, 3.05) is 6.54 Å². The molecule has 0 spiro atoms. The smallest absolute Gasteiger partial charge is 0.360 e. The fraction of sp³-hybridized carbons (Fsp3) is 0.286. The highest BCUT2D eigenvalue weighted by Gasteiger charge is 2.22. The number of aromatic amines is 1. The maximum Gasteiger partial charge on any atom is 0.360 e. The molecule has 0 radical (unpaired) electrons. The first-order chi connectivity index (χ1) is 13.1. The highest BCUT2D eigenvalue weighted by atomic mass is 16.5. The molecule has 6 nitrogen and oxygen atoms in total. The fourth-order valence-electron chi connectivity index (χ4n) is 2.98. The highest BCUT2D eigenvalue weighted by molar-refractivity contribution is 6.02. The molecule has 2 aromatic carbocycles. The molecular formula is C21H23N3O3. The van der Waals surface area contributed by atoms with Crippen LogP contribution in [0.15, 0.2) is 54.6 Å². The van der Waals surface area contributed by atoms with Gasteiger partial charge in [-0.05, 0) is 25.0 Å². The van der Waals surface area contributed by atoms with Gasteiger partial charge < -0.3 is 10.1 Å². The van der Waals surface area contributed by atoms with Gasteiger partial charge in [0.25, 0.3) is 5.91 Å². The second-order valence-corrected chi connectivity index (χ2v) is 6.43. The number of nitrogens with zero attached hydrogens (tertiary/aromatic N) is 1. The van der Waals surface area contributed by atoms with E-state index < -0.39 is 12.1 Å². The first-order valence-electron chi connectivity index (χ1n) is 9.07. The van der Waals surface area contributed by atoms with Crippen LogP contribution in [0.1, 0.15) is 42.2 Å². The zero-order chi connectivity index (χ0) is 19.2. The maximum atomic E-state index is 12.4. The van der Waals surface area contributed by atoms with Gasteiger partial charge in [-0.25, -0.2) is 4.79 Å². The van der Waals surface area contributed by atoms with Gasteiger partial charge in [0.2, 0.25) is 0 Å². The summed E-state index contributed by atoms with van der Waals surface area (Å²) in [5, 5.41) is 10.3. The van der Waals surface area contributed by atoms with Crippen molar-refractivity contribution >= 4 is 22.8 Å². The summed E-state index contributed by atoms with van der Waals surface area (Å²) in [6, 6.07) is 17.3. The summed E-state index contributed by atoms with van der Waals surface area (Å²) < 4.78 is 5.30. The van der Waals surface area contributed by atoms with Gasteiger partial charge in [0.15, 0.2) is 11.8 Å². The van der Waals surface area contributed by atoms with E-state index in [9.17, 15) is 9.59 Å². The van der Waals surface area contributed by atoms with Crippen LogP contribution in [-0.2, 0) is 9.53 Å². The fourth-order valence-corrected chi connectivity index (χ4v) is 2.98. The largest absolute Gasteiger partial charge is 0.448 e. The van der Waals surface area contributed by atoms with Crippen LogP contribution in [0.3, 0.4) is 0 Å². The molecule has 140 valence electrons. The van der Waals surface area contributed by atoms with Gasteiger partial charge >= 0.3 is 5.97 Å². The van der Waals surface area contributed by atoms with Crippen LogP contribution in [0.4, 0.5) is 0 Å². The van der Waals surface area contributed by atoms with Gasteiger partial charge in [-0.2, -0.15) is 5.10 Å². The predicted molar refractivity (Wildman–Crippen MR) is 103 cm³/mol. The number of para-hydroxylation sites is 1. The lowest BCUT2D eigenvalue weighted by Gasteiger charge is -2.18. The second kappa shape index (κ2) is 8.49. The minimum Gasteiger partial charge on any atom is -0.448 e. The van der Waals surface area contributed by atoms with E-state index in [4.69, 9.17) is 4.74 Å². The molecule has 3 rings (SSSR count). The molecule has 0 fully saturated rings. The third-order valence-corrected chi connectivity index (χ3v) is 4.60. The normalized spacial score (nSPS) is 13.1. The molecule has 0 aliphatic carbocycles. The Labute approximate surface area is 157 Å². The third kappa shape index (κ3) is 4.34. The zero-order valence-electron chi connectivity index (χ0n) is 15.4. The summed E-state index contributed by atoms with van der Waals surface area (Å²) >= 11 is 0. The monoisotopic (exact) mass is 365 g/mol.